The lowest BCUT2D eigenvalue weighted by atomic mass is 10.2. The summed E-state index contributed by atoms with van der Waals surface area (Å²) in [6, 6.07) is 2.71. The second-order valence-electron chi connectivity index (χ2n) is 3.07. The normalized spacial score (nSPS) is 9.83. The van der Waals surface area contributed by atoms with Gasteiger partial charge in [-0.3, -0.25) is 20.2 Å². The van der Waals surface area contributed by atoms with E-state index in [2.05, 4.69) is 9.47 Å². The minimum absolute atomic E-state index is 0.368. The Morgan fingerprint density at radius 1 is 1.28 bits per heavy atom. The van der Waals surface area contributed by atoms with Crippen LogP contribution in [0, 0.1) is 20.2 Å². The number of non-ortho nitro benzene ring substituents is 1. The molecular weight excluding hydrogens is 248 g/mol. The van der Waals surface area contributed by atoms with Gasteiger partial charge in [0.1, 0.15) is 6.61 Å². The number of methoxy groups -OCH3 is 1. The van der Waals surface area contributed by atoms with Crippen molar-refractivity contribution in [3.63, 3.8) is 0 Å². The second-order valence-corrected chi connectivity index (χ2v) is 3.07. The smallest absolute Gasteiger partial charge is 0.337 e. The van der Waals surface area contributed by atoms with Crippen molar-refractivity contribution in [2.24, 2.45) is 0 Å². The van der Waals surface area contributed by atoms with Crippen LogP contribution >= 0.6 is 0 Å². The summed E-state index contributed by atoms with van der Waals surface area (Å²) in [6.45, 7) is -0.381. The number of carbonyl (C=O) groups excluding carboxylic acids is 1. The molecule has 9 nitrogen and oxygen atoms in total. The van der Waals surface area contributed by atoms with E-state index in [1.54, 1.807) is 0 Å². The molecule has 0 bridgehead atoms. The van der Waals surface area contributed by atoms with Crippen molar-refractivity contribution >= 4 is 17.3 Å². The van der Waals surface area contributed by atoms with Gasteiger partial charge in [-0.15, -0.1) is 0 Å². The summed E-state index contributed by atoms with van der Waals surface area (Å²) in [5, 5.41) is 21.2. The Hall–Kier alpha value is -2.55. The van der Waals surface area contributed by atoms with E-state index in [1.807, 2.05) is 0 Å². The van der Waals surface area contributed by atoms with Crippen molar-refractivity contribution in [1.29, 1.82) is 0 Å². The summed E-state index contributed by atoms with van der Waals surface area (Å²) in [5.74, 6) is -1.21. The predicted molar refractivity (Wildman–Crippen MR) is 57.3 cm³/mol. The third-order valence-corrected chi connectivity index (χ3v) is 1.84. The molecule has 1 aromatic carbocycles. The number of nitro groups is 2. The van der Waals surface area contributed by atoms with Gasteiger partial charge in [0.25, 0.3) is 5.69 Å². The van der Waals surface area contributed by atoms with Crippen molar-refractivity contribution < 1.29 is 24.1 Å². The fourth-order valence-corrected chi connectivity index (χ4v) is 1.12. The monoisotopic (exact) mass is 256 g/mol. The molecule has 0 saturated carbocycles. The molecule has 0 fully saturated rings. The second kappa shape index (κ2) is 5.68. The van der Waals surface area contributed by atoms with Gasteiger partial charge in [0.15, 0.2) is 0 Å². The van der Waals surface area contributed by atoms with Crippen molar-refractivity contribution in [2.45, 2.75) is 0 Å². The van der Waals surface area contributed by atoms with Gasteiger partial charge >= 0.3 is 11.7 Å². The number of carbonyl (C=O) groups is 1. The summed E-state index contributed by atoms with van der Waals surface area (Å²) in [7, 11) is 1.26. The Kier molecular flexibility index (Phi) is 4.27. The number of esters is 1. The van der Waals surface area contributed by atoms with Gasteiger partial charge in [-0.1, -0.05) is 0 Å². The molecular formula is C9H8N2O7. The summed E-state index contributed by atoms with van der Waals surface area (Å²) in [4.78, 5) is 30.6. The molecule has 18 heavy (non-hydrogen) atoms. The molecule has 1 aromatic rings. The molecule has 1 rings (SSSR count). The fraction of sp³-hybridized carbons (Fsp3) is 0.222. The average Bonchev–Trinajstić information content (AvgIpc) is 2.29. The van der Waals surface area contributed by atoms with Crippen LogP contribution in [0.1, 0.15) is 0 Å². The van der Waals surface area contributed by atoms with Gasteiger partial charge in [0, 0.05) is 13.2 Å². The third-order valence-electron chi connectivity index (χ3n) is 1.84. The standard InChI is InChI=1S/C9H8N2O7/c1-17-5-9(12)18-8-3-2-6(10(13)14)4-7(8)11(15)16/h2-4H,5H2,1H3. The number of nitro benzene ring substituents is 2. The topological polar surface area (TPSA) is 122 Å². The van der Waals surface area contributed by atoms with Gasteiger partial charge in [0.2, 0.25) is 5.75 Å². The zero-order chi connectivity index (χ0) is 13.7. The molecule has 9 heteroatoms. The van der Waals surface area contributed by atoms with Crippen LogP contribution in [0.4, 0.5) is 11.4 Å². The van der Waals surface area contributed by atoms with E-state index in [4.69, 9.17) is 0 Å². The van der Waals surface area contributed by atoms with Gasteiger partial charge in [-0.05, 0) is 6.07 Å². The molecule has 0 aromatic heterocycles. The molecule has 0 aliphatic carbocycles. The largest absolute Gasteiger partial charge is 0.417 e. The lowest BCUT2D eigenvalue weighted by Gasteiger charge is -2.03. The maximum Gasteiger partial charge on any atom is 0.337 e. The molecule has 0 spiro atoms. The minimum atomic E-state index is -0.873. The highest BCUT2D eigenvalue weighted by Crippen LogP contribution is 2.30. The van der Waals surface area contributed by atoms with Crippen LogP contribution in [-0.4, -0.2) is 29.5 Å². The number of ether oxygens (including phenoxy) is 2. The molecule has 0 saturated heterocycles. The van der Waals surface area contributed by atoms with Crippen LogP contribution in [-0.2, 0) is 9.53 Å². The maximum atomic E-state index is 11.1. The number of rotatable bonds is 5. The first-order chi connectivity index (χ1) is 8.45. The molecule has 0 atom stereocenters. The predicted octanol–water partition coefficient (Wildman–Crippen LogP) is 1.05. The molecule has 0 aliphatic rings. The van der Waals surface area contributed by atoms with Gasteiger partial charge in [0.05, 0.1) is 15.9 Å². The molecule has 0 heterocycles. The first-order valence-corrected chi connectivity index (χ1v) is 4.58. The van der Waals surface area contributed by atoms with Crippen molar-refractivity contribution in [3.05, 3.63) is 38.4 Å². The van der Waals surface area contributed by atoms with E-state index in [0.717, 1.165) is 18.2 Å². The highest BCUT2D eigenvalue weighted by atomic mass is 16.6. The van der Waals surface area contributed by atoms with Crippen LogP contribution in [0.15, 0.2) is 18.2 Å². The van der Waals surface area contributed by atoms with Crippen molar-refractivity contribution in [2.75, 3.05) is 13.7 Å². The van der Waals surface area contributed by atoms with Crippen LogP contribution < -0.4 is 4.74 Å². The summed E-state index contributed by atoms with van der Waals surface area (Å²) < 4.78 is 9.14. The van der Waals surface area contributed by atoms with Crippen LogP contribution in [0.2, 0.25) is 0 Å². The average molecular weight is 256 g/mol. The Morgan fingerprint density at radius 2 is 1.94 bits per heavy atom. The molecule has 0 aliphatic heterocycles. The highest BCUT2D eigenvalue weighted by Gasteiger charge is 2.22. The number of hydrogen-bond acceptors (Lipinski definition) is 7. The molecule has 96 valence electrons. The van der Waals surface area contributed by atoms with E-state index in [0.29, 0.717) is 0 Å². The zero-order valence-corrected chi connectivity index (χ0v) is 9.19. The Bertz CT molecular complexity index is 500. The maximum absolute atomic E-state index is 11.1. The van der Waals surface area contributed by atoms with Gasteiger partial charge in [-0.25, -0.2) is 4.79 Å². The molecule has 0 N–H and O–H groups in total. The number of nitrogens with zero attached hydrogens (tertiary/aromatic N) is 2. The fourth-order valence-electron chi connectivity index (χ4n) is 1.12. The number of hydrogen-bond donors (Lipinski definition) is 0. The van der Waals surface area contributed by atoms with Crippen LogP contribution in [0.3, 0.4) is 0 Å². The molecule has 0 unspecified atom stereocenters. The third kappa shape index (κ3) is 3.22. The Labute approximate surface area is 100 Å². The van der Waals surface area contributed by atoms with Gasteiger partial charge in [-0.2, -0.15) is 0 Å². The zero-order valence-electron chi connectivity index (χ0n) is 9.19. The lowest BCUT2D eigenvalue weighted by molar-refractivity contribution is -0.394. The summed E-state index contributed by atoms with van der Waals surface area (Å²) >= 11 is 0. The van der Waals surface area contributed by atoms with E-state index in [-0.39, 0.29) is 12.4 Å². The van der Waals surface area contributed by atoms with E-state index in [1.165, 1.54) is 7.11 Å². The molecule has 0 amide bonds. The first kappa shape index (κ1) is 13.5. The van der Waals surface area contributed by atoms with Crippen molar-refractivity contribution in [1.82, 2.24) is 0 Å². The van der Waals surface area contributed by atoms with E-state index < -0.39 is 27.2 Å². The molecule has 0 radical (unpaired) electrons. The quantitative estimate of drug-likeness (QED) is 0.334. The first-order valence-electron chi connectivity index (χ1n) is 4.58. The highest BCUT2D eigenvalue weighted by molar-refractivity contribution is 5.75. The van der Waals surface area contributed by atoms with E-state index >= 15 is 0 Å². The number of benzene rings is 1. The Balaban J connectivity index is 3.08. The lowest BCUT2D eigenvalue weighted by Crippen LogP contribution is -2.15. The summed E-state index contributed by atoms with van der Waals surface area (Å²) in [5.41, 5.74) is -1.12. The van der Waals surface area contributed by atoms with Crippen LogP contribution in [0.25, 0.3) is 0 Å². The summed E-state index contributed by atoms with van der Waals surface area (Å²) in [6.07, 6.45) is 0. The minimum Gasteiger partial charge on any atom is -0.417 e. The SMILES string of the molecule is COCC(=O)Oc1ccc([N+](=O)[O-])cc1[N+](=O)[O-]. The Morgan fingerprint density at radius 3 is 2.44 bits per heavy atom. The van der Waals surface area contributed by atoms with Crippen molar-refractivity contribution in [3.8, 4) is 5.75 Å². The van der Waals surface area contributed by atoms with Gasteiger partial charge < -0.3 is 9.47 Å². The van der Waals surface area contributed by atoms with Crippen LogP contribution in [0.5, 0.6) is 5.75 Å². The van der Waals surface area contributed by atoms with E-state index in [9.17, 15) is 25.0 Å².